The van der Waals surface area contributed by atoms with Crippen LogP contribution in [-0.2, 0) is 4.79 Å². The smallest absolute Gasteiger partial charge is 0.250 e. The first-order valence-electron chi connectivity index (χ1n) is 4.65. The fourth-order valence-corrected chi connectivity index (χ4v) is 1.03. The summed E-state index contributed by atoms with van der Waals surface area (Å²) < 4.78 is 0. The van der Waals surface area contributed by atoms with E-state index in [2.05, 4.69) is 6.58 Å². The maximum Gasteiger partial charge on any atom is 0.250 e. The fourth-order valence-electron chi connectivity index (χ4n) is 1.03. The lowest BCUT2D eigenvalue weighted by molar-refractivity contribution is -0.135. The minimum Gasteiger partial charge on any atom is -0.374 e. The van der Waals surface area contributed by atoms with Crippen LogP contribution in [0.2, 0.25) is 0 Å². The van der Waals surface area contributed by atoms with Gasteiger partial charge >= 0.3 is 0 Å². The van der Waals surface area contributed by atoms with Crippen LogP contribution in [0, 0.1) is 0 Å². The second-order valence-electron chi connectivity index (χ2n) is 3.26. The molecule has 0 aliphatic carbocycles. The Bertz CT molecular complexity index is 187. The fraction of sp³-hybridized carbons (Fsp3) is 0.700. The molecular formula is C10H19NO2. The van der Waals surface area contributed by atoms with Gasteiger partial charge in [-0.05, 0) is 20.3 Å². The van der Waals surface area contributed by atoms with E-state index in [9.17, 15) is 9.90 Å². The SMILES string of the molecule is C=C(C)C(=O)N(CCCC)C(C)O. The van der Waals surface area contributed by atoms with Gasteiger partial charge in [0.15, 0.2) is 0 Å². The predicted molar refractivity (Wildman–Crippen MR) is 53.1 cm³/mol. The number of aliphatic hydroxyl groups excluding tert-OH is 1. The third-order valence-corrected chi connectivity index (χ3v) is 1.83. The van der Waals surface area contributed by atoms with E-state index in [1.54, 1.807) is 13.8 Å². The highest BCUT2D eigenvalue weighted by molar-refractivity contribution is 5.92. The maximum absolute atomic E-state index is 11.5. The van der Waals surface area contributed by atoms with Crippen molar-refractivity contribution in [2.24, 2.45) is 0 Å². The molecule has 13 heavy (non-hydrogen) atoms. The van der Waals surface area contributed by atoms with Gasteiger partial charge in [-0.1, -0.05) is 19.9 Å². The van der Waals surface area contributed by atoms with Crippen molar-refractivity contribution in [3.05, 3.63) is 12.2 Å². The molecular weight excluding hydrogens is 166 g/mol. The summed E-state index contributed by atoms with van der Waals surface area (Å²) in [4.78, 5) is 12.9. The first-order valence-corrected chi connectivity index (χ1v) is 4.65. The summed E-state index contributed by atoms with van der Waals surface area (Å²) in [5, 5.41) is 9.32. The lowest BCUT2D eigenvalue weighted by Gasteiger charge is -2.25. The summed E-state index contributed by atoms with van der Waals surface area (Å²) in [6.07, 6.45) is 1.19. The first-order chi connectivity index (χ1) is 6.00. The third-order valence-electron chi connectivity index (χ3n) is 1.83. The number of nitrogens with zero attached hydrogens (tertiary/aromatic N) is 1. The van der Waals surface area contributed by atoms with Gasteiger partial charge in [-0.25, -0.2) is 0 Å². The largest absolute Gasteiger partial charge is 0.374 e. The normalized spacial score (nSPS) is 12.3. The van der Waals surface area contributed by atoms with Gasteiger partial charge in [0.25, 0.3) is 5.91 Å². The van der Waals surface area contributed by atoms with Crippen molar-refractivity contribution in [1.29, 1.82) is 0 Å². The minimum absolute atomic E-state index is 0.163. The highest BCUT2D eigenvalue weighted by atomic mass is 16.3. The van der Waals surface area contributed by atoms with Crippen LogP contribution in [0.15, 0.2) is 12.2 Å². The van der Waals surface area contributed by atoms with Gasteiger partial charge in [-0.3, -0.25) is 4.79 Å². The number of carbonyl (C=O) groups excluding carboxylic acids is 1. The van der Waals surface area contributed by atoms with Gasteiger partial charge < -0.3 is 10.0 Å². The zero-order valence-corrected chi connectivity index (χ0v) is 8.71. The van der Waals surface area contributed by atoms with E-state index in [1.165, 1.54) is 4.90 Å². The topological polar surface area (TPSA) is 40.5 Å². The van der Waals surface area contributed by atoms with Gasteiger partial charge in [0.2, 0.25) is 0 Å². The van der Waals surface area contributed by atoms with Crippen molar-refractivity contribution in [2.45, 2.75) is 39.8 Å². The van der Waals surface area contributed by atoms with Crippen molar-refractivity contribution in [3.8, 4) is 0 Å². The zero-order valence-electron chi connectivity index (χ0n) is 8.71. The molecule has 0 radical (unpaired) electrons. The monoisotopic (exact) mass is 185 g/mol. The predicted octanol–water partition coefficient (Wildman–Crippen LogP) is 1.53. The Morgan fingerprint density at radius 2 is 2.15 bits per heavy atom. The summed E-state index contributed by atoms with van der Waals surface area (Å²) in [6.45, 7) is 9.46. The molecule has 0 bridgehead atoms. The molecule has 3 heteroatoms. The van der Waals surface area contributed by atoms with E-state index in [1.807, 2.05) is 6.92 Å². The van der Waals surface area contributed by atoms with Crippen molar-refractivity contribution >= 4 is 5.91 Å². The second-order valence-corrected chi connectivity index (χ2v) is 3.26. The number of amides is 1. The Morgan fingerprint density at radius 1 is 1.62 bits per heavy atom. The van der Waals surface area contributed by atoms with Gasteiger partial charge in [0, 0.05) is 12.1 Å². The van der Waals surface area contributed by atoms with Crippen LogP contribution >= 0.6 is 0 Å². The standard InChI is InChI=1S/C10H19NO2/c1-5-6-7-11(9(4)12)10(13)8(2)3/h9,12H,2,5-7H2,1,3-4H3. The summed E-state index contributed by atoms with van der Waals surface area (Å²) in [5.41, 5.74) is 0.469. The van der Waals surface area contributed by atoms with Crippen LogP contribution in [0.3, 0.4) is 0 Å². The molecule has 0 aromatic rings. The van der Waals surface area contributed by atoms with Crippen molar-refractivity contribution in [1.82, 2.24) is 4.90 Å². The molecule has 0 saturated heterocycles. The average molecular weight is 185 g/mol. The number of aliphatic hydroxyl groups is 1. The molecule has 0 aromatic heterocycles. The molecule has 0 saturated carbocycles. The second kappa shape index (κ2) is 5.75. The Balaban J connectivity index is 4.24. The van der Waals surface area contributed by atoms with Crippen molar-refractivity contribution in [3.63, 3.8) is 0 Å². The molecule has 0 rings (SSSR count). The van der Waals surface area contributed by atoms with Gasteiger partial charge in [0.1, 0.15) is 6.23 Å². The quantitative estimate of drug-likeness (QED) is 0.521. The lowest BCUT2D eigenvalue weighted by atomic mass is 10.2. The highest BCUT2D eigenvalue weighted by Crippen LogP contribution is 2.05. The molecule has 0 heterocycles. The molecule has 0 aliphatic heterocycles. The molecule has 76 valence electrons. The van der Waals surface area contributed by atoms with Crippen LogP contribution < -0.4 is 0 Å². The highest BCUT2D eigenvalue weighted by Gasteiger charge is 2.17. The van der Waals surface area contributed by atoms with E-state index in [0.717, 1.165) is 12.8 Å². The van der Waals surface area contributed by atoms with Gasteiger partial charge in [-0.15, -0.1) is 0 Å². The molecule has 0 aromatic carbocycles. The zero-order chi connectivity index (χ0) is 10.4. The van der Waals surface area contributed by atoms with Crippen molar-refractivity contribution < 1.29 is 9.90 Å². The van der Waals surface area contributed by atoms with Crippen LogP contribution in [0.1, 0.15) is 33.6 Å². The average Bonchev–Trinajstić information content (AvgIpc) is 2.04. The Labute approximate surface area is 80.0 Å². The number of hydrogen-bond donors (Lipinski definition) is 1. The third kappa shape index (κ3) is 4.08. The van der Waals surface area contributed by atoms with E-state index >= 15 is 0 Å². The molecule has 0 aliphatic rings. The van der Waals surface area contributed by atoms with E-state index < -0.39 is 6.23 Å². The Morgan fingerprint density at radius 3 is 2.46 bits per heavy atom. The molecule has 1 unspecified atom stereocenters. The summed E-state index contributed by atoms with van der Waals surface area (Å²) in [7, 11) is 0. The van der Waals surface area contributed by atoms with E-state index in [0.29, 0.717) is 12.1 Å². The van der Waals surface area contributed by atoms with Crippen LogP contribution in [0.5, 0.6) is 0 Å². The van der Waals surface area contributed by atoms with Crippen LogP contribution in [-0.4, -0.2) is 28.7 Å². The number of carbonyl (C=O) groups is 1. The molecule has 0 fully saturated rings. The first kappa shape index (κ1) is 12.2. The summed E-state index contributed by atoms with van der Waals surface area (Å²) in [5.74, 6) is -0.163. The van der Waals surface area contributed by atoms with Gasteiger partial charge in [-0.2, -0.15) is 0 Å². The molecule has 0 spiro atoms. The molecule has 1 N–H and O–H groups in total. The van der Waals surface area contributed by atoms with Crippen LogP contribution in [0.25, 0.3) is 0 Å². The summed E-state index contributed by atoms with van der Waals surface area (Å²) >= 11 is 0. The Hall–Kier alpha value is -0.830. The number of unbranched alkanes of at least 4 members (excludes halogenated alkanes) is 1. The van der Waals surface area contributed by atoms with Crippen molar-refractivity contribution in [2.75, 3.05) is 6.54 Å². The molecule has 1 atom stereocenters. The maximum atomic E-state index is 11.5. The van der Waals surface area contributed by atoms with Crippen LogP contribution in [0.4, 0.5) is 0 Å². The lowest BCUT2D eigenvalue weighted by Crippen LogP contribution is -2.39. The molecule has 1 amide bonds. The molecule has 3 nitrogen and oxygen atoms in total. The Kier molecular flexibility index (Phi) is 5.39. The van der Waals surface area contributed by atoms with E-state index in [-0.39, 0.29) is 5.91 Å². The number of rotatable bonds is 5. The number of hydrogen-bond acceptors (Lipinski definition) is 2. The van der Waals surface area contributed by atoms with Gasteiger partial charge in [0.05, 0.1) is 0 Å². The van der Waals surface area contributed by atoms with E-state index in [4.69, 9.17) is 0 Å². The minimum atomic E-state index is -0.726. The summed E-state index contributed by atoms with van der Waals surface area (Å²) in [6, 6.07) is 0.